The minimum absolute atomic E-state index is 0.315. The first kappa shape index (κ1) is 14.0. The molecule has 0 unspecified atom stereocenters. The van der Waals surface area contributed by atoms with E-state index in [0.717, 1.165) is 5.71 Å². The zero-order valence-corrected chi connectivity index (χ0v) is 12.6. The summed E-state index contributed by atoms with van der Waals surface area (Å²) in [6, 6.07) is 6.93. The van der Waals surface area contributed by atoms with E-state index in [2.05, 4.69) is 34.0 Å². The van der Waals surface area contributed by atoms with Crippen molar-refractivity contribution in [1.29, 1.82) is 0 Å². The van der Waals surface area contributed by atoms with E-state index in [4.69, 9.17) is 12.2 Å². The molecule has 0 radical (unpaired) electrons. The van der Waals surface area contributed by atoms with Crippen LogP contribution in [0, 0.1) is 0 Å². The van der Waals surface area contributed by atoms with Crippen LogP contribution >= 0.6 is 12.2 Å². The second kappa shape index (κ2) is 6.15. The van der Waals surface area contributed by atoms with Gasteiger partial charge in [0.25, 0.3) is 0 Å². The molecule has 0 amide bonds. The maximum absolute atomic E-state index is 5.15. The third-order valence-corrected chi connectivity index (χ3v) is 3.47. The summed E-state index contributed by atoms with van der Waals surface area (Å²) in [5, 5.41) is 8.01. The number of thiocarbonyl (C=S) groups is 1. The molecule has 0 bridgehead atoms. The Morgan fingerprint density at radius 3 is 2.74 bits per heavy atom. The Morgan fingerprint density at radius 2 is 2.00 bits per heavy atom. The lowest BCUT2D eigenvalue weighted by molar-refractivity contribution is 0.719. The molecule has 0 fully saturated rings. The van der Waals surface area contributed by atoms with Crippen molar-refractivity contribution < 1.29 is 0 Å². The number of aryl methyl sites for hydroxylation is 2. The lowest BCUT2D eigenvalue weighted by Crippen LogP contribution is -2.37. The predicted octanol–water partition coefficient (Wildman–Crippen LogP) is 2.77. The van der Waals surface area contributed by atoms with Crippen molar-refractivity contribution in [3.05, 3.63) is 34.9 Å². The number of hydrazone groups is 1. The summed E-state index contributed by atoms with van der Waals surface area (Å²) in [7, 11) is 0. The molecule has 1 aromatic rings. The monoisotopic (exact) mass is 275 g/mol. The highest BCUT2D eigenvalue weighted by Crippen LogP contribution is 2.22. The number of hydrogen-bond acceptors (Lipinski definition) is 2. The molecule has 0 spiro atoms. The number of nitrogens with one attached hydrogen (secondary N) is 2. The van der Waals surface area contributed by atoms with Crippen molar-refractivity contribution >= 4 is 23.0 Å². The van der Waals surface area contributed by atoms with Gasteiger partial charge in [-0.25, -0.2) is 0 Å². The van der Waals surface area contributed by atoms with Crippen LogP contribution in [0.15, 0.2) is 23.3 Å². The van der Waals surface area contributed by atoms with Gasteiger partial charge in [-0.15, -0.1) is 0 Å². The summed E-state index contributed by atoms with van der Waals surface area (Å²) >= 11 is 5.15. The van der Waals surface area contributed by atoms with Crippen molar-refractivity contribution in [2.75, 3.05) is 0 Å². The highest BCUT2D eigenvalue weighted by Gasteiger charge is 2.11. The van der Waals surface area contributed by atoms with Gasteiger partial charge in [-0.2, -0.15) is 5.10 Å². The molecule has 3 nitrogen and oxygen atoms in total. The number of hydrogen-bond donors (Lipinski definition) is 2. The molecule has 19 heavy (non-hydrogen) atoms. The summed E-state index contributed by atoms with van der Waals surface area (Å²) < 4.78 is 0. The topological polar surface area (TPSA) is 36.4 Å². The molecule has 0 aromatic heterocycles. The van der Waals surface area contributed by atoms with Gasteiger partial charge in [-0.1, -0.05) is 12.1 Å². The van der Waals surface area contributed by atoms with E-state index >= 15 is 0 Å². The van der Waals surface area contributed by atoms with Crippen LogP contribution in [0.1, 0.15) is 43.9 Å². The van der Waals surface area contributed by atoms with E-state index in [1.54, 1.807) is 0 Å². The summed E-state index contributed by atoms with van der Waals surface area (Å²) in [6.07, 6.45) is 3.68. The van der Waals surface area contributed by atoms with Crippen LogP contribution in [0.25, 0.3) is 0 Å². The molecule has 0 atom stereocenters. The molecule has 2 rings (SSSR count). The molecule has 4 heteroatoms. The van der Waals surface area contributed by atoms with E-state index in [-0.39, 0.29) is 0 Å². The third-order valence-electron chi connectivity index (χ3n) is 3.26. The Kier molecular flexibility index (Phi) is 4.53. The third kappa shape index (κ3) is 3.77. The molecule has 0 aliphatic heterocycles. The van der Waals surface area contributed by atoms with E-state index in [1.807, 2.05) is 20.8 Å². The average Bonchev–Trinajstić information content (AvgIpc) is 2.82. The smallest absolute Gasteiger partial charge is 0.187 e. The fourth-order valence-electron chi connectivity index (χ4n) is 2.29. The Hall–Kier alpha value is -1.42. The van der Waals surface area contributed by atoms with E-state index in [9.17, 15) is 0 Å². The van der Waals surface area contributed by atoms with Crippen molar-refractivity contribution in [2.45, 2.75) is 46.1 Å². The fraction of sp³-hybridized carbons (Fsp3) is 0.467. The van der Waals surface area contributed by atoms with Crippen LogP contribution in [0.3, 0.4) is 0 Å². The number of nitrogens with zero attached hydrogens (tertiary/aromatic N) is 1. The molecule has 0 saturated carbocycles. The number of rotatable bonds is 3. The van der Waals surface area contributed by atoms with Gasteiger partial charge in [0.15, 0.2) is 5.11 Å². The number of fused-ring (bicyclic) bond motifs is 1. The van der Waals surface area contributed by atoms with Crippen molar-refractivity contribution in [3.8, 4) is 0 Å². The minimum Gasteiger partial charge on any atom is -0.359 e. The van der Waals surface area contributed by atoms with Crippen molar-refractivity contribution in [1.82, 2.24) is 10.7 Å². The van der Waals surface area contributed by atoms with Gasteiger partial charge >= 0.3 is 0 Å². The summed E-state index contributed by atoms with van der Waals surface area (Å²) in [4.78, 5) is 0. The lowest BCUT2D eigenvalue weighted by Gasteiger charge is -2.11. The molecule has 1 aromatic carbocycles. The van der Waals surface area contributed by atoms with E-state index < -0.39 is 0 Å². The maximum atomic E-state index is 5.15. The molecule has 102 valence electrons. The molecular formula is C15H21N3S. The molecule has 0 heterocycles. The van der Waals surface area contributed by atoms with Gasteiger partial charge in [0.1, 0.15) is 0 Å². The quantitative estimate of drug-likeness (QED) is 0.506. The van der Waals surface area contributed by atoms with E-state index in [1.165, 1.54) is 36.0 Å². The Labute approximate surface area is 120 Å². The summed E-state index contributed by atoms with van der Waals surface area (Å²) in [6.45, 7) is 6.10. The first-order chi connectivity index (χ1) is 9.06. The molecule has 2 N–H and O–H groups in total. The van der Waals surface area contributed by atoms with Crippen LogP contribution in [0.5, 0.6) is 0 Å². The minimum atomic E-state index is 0.315. The molecule has 0 saturated heterocycles. The first-order valence-electron chi connectivity index (χ1n) is 6.79. The summed E-state index contributed by atoms with van der Waals surface area (Å²) in [5.41, 5.74) is 7.97. The second-order valence-electron chi connectivity index (χ2n) is 5.27. The molecular weight excluding hydrogens is 254 g/mol. The second-order valence-corrected chi connectivity index (χ2v) is 5.68. The SMILES string of the molecule is C/C(=N/NC(=S)NC(C)C)c1ccc2c(c1)CCC2. The van der Waals surface area contributed by atoms with Crippen LogP contribution in [0.4, 0.5) is 0 Å². The Bertz CT molecular complexity index is 506. The Balaban J connectivity index is 2.03. The van der Waals surface area contributed by atoms with Gasteiger partial charge in [0, 0.05) is 6.04 Å². The largest absolute Gasteiger partial charge is 0.359 e. The van der Waals surface area contributed by atoms with Gasteiger partial charge in [0.2, 0.25) is 0 Å². The molecule has 1 aliphatic rings. The highest BCUT2D eigenvalue weighted by atomic mass is 32.1. The highest BCUT2D eigenvalue weighted by molar-refractivity contribution is 7.80. The molecule has 1 aliphatic carbocycles. The summed E-state index contributed by atoms with van der Waals surface area (Å²) in [5.74, 6) is 0. The van der Waals surface area contributed by atoms with Gasteiger partial charge < -0.3 is 5.32 Å². The van der Waals surface area contributed by atoms with Crippen LogP contribution in [0.2, 0.25) is 0 Å². The van der Waals surface area contributed by atoms with Gasteiger partial charge in [-0.05, 0) is 75.0 Å². The van der Waals surface area contributed by atoms with Gasteiger partial charge in [-0.3, -0.25) is 5.43 Å². The number of benzene rings is 1. The normalized spacial score (nSPS) is 14.4. The zero-order valence-electron chi connectivity index (χ0n) is 11.8. The van der Waals surface area contributed by atoms with Gasteiger partial charge in [0.05, 0.1) is 5.71 Å². The van der Waals surface area contributed by atoms with Crippen LogP contribution in [-0.2, 0) is 12.8 Å². The predicted molar refractivity (Wildman–Crippen MR) is 84.7 cm³/mol. The van der Waals surface area contributed by atoms with Crippen molar-refractivity contribution in [3.63, 3.8) is 0 Å². The Morgan fingerprint density at radius 1 is 1.26 bits per heavy atom. The van der Waals surface area contributed by atoms with Crippen LogP contribution in [-0.4, -0.2) is 16.9 Å². The zero-order chi connectivity index (χ0) is 13.8. The first-order valence-corrected chi connectivity index (χ1v) is 7.20. The van der Waals surface area contributed by atoms with E-state index in [0.29, 0.717) is 11.2 Å². The van der Waals surface area contributed by atoms with Crippen LogP contribution < -0.4 is 10.7 Å². The average molecular weight is 275 g/mol. The van der Waals surface area contributed by atoms with Crippen molar-refractivity contribution in [2.24, 2.45) is 5.10 Å². The standard InChI is InChI=1S/C15H21N3S/c1-10(2)16-15(19)18-17-11(3)13-8-7-12-5-4-6-14(12)9-13/h7-10H,4-6H2,1-3H3,(H2,16,18,19)/b17-11-. The lowest BCUT2D eigenvalue weighted by atomic mass is 10.0. The maximum Gasteiger partial charge on any atom is 0.187 e. The fourth-order valence-corrected chi connectivity index (χ4v) is 2.57.